The van der Waals surface area contributed by atoms with Crippen LogP contribution in [0.3, 0.4) is 0 Å². The number of nitrogens with one attached hydrogen (secondary N) is 1. The van der Waals surface area contributed by atoms with E-state index in [0.29, 0.717) is 5.28 Å². The van der Waals surface area contributed by atoms with E-state index in [1.807, 2.05) is 12.1 Å². The summed E-state index contributed by atoms with van der Waals surface area (Å²) in [6, 6.07) is 8.17. The standard InChI is InChI=1S/C10H9ClN2/c1-7-2-4-8(5-3-7)9-6-12-10(11)13-9/h2-6H,1H3,(H,12,13). The Morgan fingerprint density at radius 1 is 1.23 bits per heavy atom. The average Bonchev–Trinajstić information content (AvgIpc) is 2.53. The number of nitrogens with zero attached hydrogens (tertiary/aromatic N) is 1. The van der Waals surface area contributed by atoms with E-state index in [1.165, 1.54) is 5.56 Å². The number of rotatable bonds is 1. The number of aryl methyl sites for hydroxylation is 1. The van der Waals surface area contributed by atoms with Crippen LogP contribution in [0.2, 0.25) is 5.28 Å². The molecule has 0 atom stereocenters. The molecule has 2 aromatic rings. The van der Waals surface area contributed by atoms with Crippen molar-refractivity contribution in [3.05, 3.63) is 41.3 Å². The van der Waals surface area contributed by atoms with Crippen molar-refractivity contribution in [1.29, 1.82) is 0 Å². The summed E-state index contributed by atoms with van der Waals surface area (Å²) in [6.07, 6.45) is 1.80. The second kappa shape index (κ2) is 3.23. The lowest BCUT2D eigenvalue weighted by molar-refractivity contribution is 1.31. The number of hydrogen-bond donors (Lipinski definition) is 1. The molecule has 0 aliphatic heterocycles. The van der Waals surface area contributed by atoms with E-state index >= 15 is 0 Å². The van der Waals surface area contributed by atoms with Gasteiger partial charge in [-0.3, -0.25) is 0 Å². The molecule has 3 heteroatoms. The SMILES string of the molecule is Cc1ccc(-c2c[nH]c(Cl)n2)cc1. The molecule has 13 heavy (non-hydrogen) atoms. The van der Waals surface area contributed by atoms with Gasteiger partial charge in [-0.25, -0.2) is 4.98 Å². The van der Waals surface area contributed by atoms with E-state index < -0.39 is 0 Å². The molecule has 0 aliphatic carbocycles. The third-order valence-corrected chi connectivity index (χ3v) is 2.09. The van der Waals surface area contributed by atoms with Gasteiger partial charge in [-0.15, -0.1) is 0 Å². The Morgan fingerprint density at radius 2 is 1.92 bits per heavy atom. The maximum atomic E-state index is 5.67. The molecule has 0 spiro atoms. The Morgan fingerprint density at radius 3 is 2.46 bits per heavy atom. The second-order valence-electron chi connectivity index (χ2n) is 2.94. The average molecular weight is 193 g/mol. The minimum absolute atomic E-state index is 0.426. The lowest BCUT2D eigenvalue weighted by Crippen LogP contribution is -1.77. The molecule has 0 saturated carbocycles. The summed E-state index contributed by atoms with van der Waals surface area (Å²) in [6.45, 7) is 2.06. The molecule has 1 N–H and O–H groups in total. The van der Waals surface area contributed by atoms with Crippen LogP contribution in [0.25, 0.3) is 11.3 Å². The molecule has 1 aromatic heterocycles. The molecule has 0 fully saturated rings. The zero-order valence-electron chi connectivity index (χ0n) is 7.21. The highest BCUT2D eigenvalue weighted by molar-refractivity contribution is 6.28. The van der Waals surface area contributed by atoms with Crippen molar-refractivity contribution >= 4 is 11.6 Å². The van der Waals surface area contributed by atoms with Crippen molar-refractivity contribution in [3.8, 4) is 11.3 Å². The first-order valence-electron chi connectivity index (χ1n) is 4.03. The molecule has 0 amide bonds. The monoisotopic (exact) mass is 192 g/mol. The normalized spacial score (nSPS) is 10.3. The van der Waals surface area contributed by atoms with Gasteiger partial charge < -0.3 is 4.98 Å². The molecule has 66 valence electrons. The van der Waals surface area contributed by atoms with Crippen molar-refractivity contribution < 1.29 is 0 Å². The Labute approximate surface area is 81.6 Å². The number of H-pyrrole nitrogens is 1. The minimum Gasteiger partial charge on any atom is -0.335 e. The second-order valence-corrected chi connectivity index (χ2v) is 3.30. The van der Waals surface area contributed by atoms with Gasteiger partial charge in [0.25, 0.3) is 0 Å². The fourth-order valence-corrected chi connectivity index (χ4v) is 1.32. The fourth-order valence-electron chi connectivity index (χ4n) is 1.17. The van der Waals surface area contributed by atoms with Crippen LogP contribution in [0.4, 0.5) is 0 Å². The Kier molecular flexibility index (Phi) is 2.07. The van der Waals surface area contributed by atoms with Crippen molar-refractivity contribution in [2.24, 2.45) is 0 Å². The smallest absolute Gasteiger partial charge is 0.200 e. The molecule has 0 unspecified atom stereocenters. The minimum atomic E-state index is 0.426. The molecule has 2 rings (SSSR count). The molecule has 2 nitrogen and oxygen atoms in total. The van der Waals surface area contributed by atoms with Gasteiger partial charge in [0.15, 0.2) is 0 Å². The van der Waals surface area contributed by atoms with Crippen LogP contribution in [0, 0.1) is 6.92 Å². The molecule has 0 bridgehead atoms. The molecule has 1 heterocycles. The van der Waals surface area contributed by atoms with Crippen LogP contribution in [-0.2, 0) is 0 Å². The number of halogens is 1. The zero-order valence-corrected chi connectivity index (χ0v) is 7.97. The van der Waals surface area contributed by atoms with Crippen LogP contribution >= 0.6 is 11.6 Å². The Hall–Kier alpha value is -1.28. The van der Waals surface area contributed by atoms with Crippen LogP contribution in [0.1, 0.15) is 5.56 Å². The van der Waals surface area contributed by atoms with Crippen molar-refractivity contribution in [1.82, 2.24) is 9.97 Å². The van der Waals surface area contributed by atoms with E-state index in [1.54, 1.807) is 6.20 Å². The highest BCUT2D eigenvalue weighted by atomic mass is 35.5. The summed E-state index contributed by atoms with van der Waals surface area (Å²) in [7, 11) is 0. The van der Waals surface area contributed by atoms with Crippen LogP contribution < -0.4 is 0 Å². The van der Waals surface area contributed by atoms with Crippen LogP contribution in [0.15, 0.2) is 30.5 Å². The first-order chi connectivity index (χ1) is 6.25. The highest BCUT2D eigenvalue weighted by Crippen LogP contribution is 2.18. The number of aromatic nitrogens is 2. The number of aromatic amines is 1. The van der Waals surface area contributed by atoms with Gasteiger partial charge in [-0.1, -0.05) is 29.8 Å². The van der Waals surface area contributed by atoms with E-state index in [0.717, 1.165) is 11.3 Å². The van der Waals surface area contributed by atoms with Crippen molar-refractivity contribution in [2.75, 3.05) is 0 Å². The molecular formula is C10H9ClN2. The van der Waals surface area contributed by atoms with Gasteiger partial charge in [0.05, 0.1) is 5.69 Å². The fraction of sp³-hybridized carbons (Fsp3) is 0.100. The molecule has 0 radical (unpaired) electrons. The number of hydrogen-bond acceptors (Lipinski definition) is 1. The largest absolute Gasteiger partial charge is 0.335 e. The van der Waals surface area contributed by atoms with E-state index in [9.17, 15) is 0 Å². The highest BCUT2D eigenvalue weighted by Gasteiger charge is 2.00. The Balaban J connectivity index is 2.41. The predicted molar refractivity (Wildman–Crippen MR) is 53.8 cm³/mol. The summed E-state index contributed by atoms with van der Waals surface area (Å²) in [5.41, 5.74) is 3.20. The van der Waals surface area contributed by atoms with E-state index in [4.69, 9.17) is 11.6 Å². The van der Waals surface area contributed by atoms with Gasteiger partial charge in [0, 0.05) is 11.8 Å². The lowest BCUT2D eigenvalue weighted by atomic mass is 10.1. The first kappa shape index (κ1) is 8.32. The third-order valence-electron chi connectivity index (χ3n) is 1.89. The van der Waals surface area contributed by atoms with Gasteiger partial charge in [-0.2, -0.15) is 0 Å². The van der Waals surface area contributed by atoms with E-state index in [-0.39, 0.29) is 0 Å². The summed E-state index contributed by atoms with van der Waals surface area (Å²) < 4.78 is 0. The van der Waals surface area contributed by atoms with Gasteiger partial charge in [-0.05, 0) is 18.5 Å². The topological polar surface area (TPSA) is 28.7 Å². The summed E-state index contributed by atoms with van der Waals surface area (Å²) >= 11 is 5.67. The van der Waals surface area contributed by atoms with Gasteiger partial charge in [0.2, 0.25) is 5.28 Å². The van der Waals surface area contributed by atoms with Crippen LogP contribution in [0.5, 0.6) is 0 Å². The summed E-state index contributed by atoms with van der Waals surface area (Å²) in [5, 5.41) is 0.426. The number of benzene rings is 1. The zero-order chi connectivity index (χ0) is 9.26. The van der Waals surface area contributed by atoms with Gasteiger partial charge >= 0.3 is 0 Å². The number of imidazole rings is 1. The molecular weight excluding hydrogens is 184 g/mol. The maximum Gasteiger partial charge on any atom is 0.200 e. The molecule has 0 saturated heterocycles. The Bertz CT molecular complexity index is 403. The predicted octanol–water partition coefficient (Wildman–Crippen LogP) is 3.04. The summed E-state index contributed by atoms with van der Waals surface area (Å²) in [5.74, 6) is 0. The third kappa shape index (κ3) is 1.73. The van der Waals surface area contributed by atoms with Gasteiger partial charge in [0.1, 0.15) is 0 Å². The molecule has 1 aromatic carbocycles. The van der Waals surface area contributed by atoms with Crippen LogP contribution in [-0.4, -0.2) is 9.97 Å². The molecule has 0 aliphatic rings. The van der Waals surface area contributed by atoms with Crippen molar-refractivity contribution in [2.45, 2.75) is 6.92 Å². The quantitative estimate of drug-likeness (QED) is 0.739. The van der Waals surface area contributed by atoms with E-state index in [2.05, 4.69) is 29.0 Å². The maximum absolute atomic E-state index is 5.67. The van der Waals surface area contributed by atoms with Crippen molar-refractivity contribution in [3.63, 3.8) is 0 Å². The summed E-state index contributed by atoms with van der Waals surface area (Å²) in [4.78, 5) is 6.96. The lowest BCUT2D eigenvalue weighted by Gasteiger charge is -1.95. The first-order valence-corrected chi connectivity index (χ1v) is 4.41.